The van der Waals surface area contributed by atoms with Crippen LogP contribution in [-0.4, -0.2) is 39.0 Å². The molecule has 3 rings (SSSR count). The van der Waals surface area contributed by atoms with Crippen LogP contribution in [-0.2, 0) is 11.2 Å². The summed E-state index contributed by atoms with van der Waals surface area (Å²) in [6.07, 6.45) is 4.99. The number of aromatic nitrogens is 3. The summed E-state index contributed by atoms with van der Waals surface area (Å²) in [6, 6.07) is 0. The normalized spacial score (nSPS) is 18.9. The standard InChI is InChI=1S/C14H18N4O2S/c1-10-16-14(20-17-10)11-3-2-7-18(9-11)13(19)5-4-12-15-6-8-21-12/h6,8,11H,2-5,7,9H2,1H3. The van der Waals surface area contributed by atoms with Crippen LogP contribution in [0.3, 0.4) is 0 Å². The molecule has 1 unspecified atom stereocenters. The van der Waals surface area contributed by atoms with Gasteiger partial charge in [0.1, 0.15) is 0 Å². The highest BCUT2D eigenvalue weighted by molar-refractivity contribution is 7.09. The number of carbonyl (C=O) groups excluding carboxylic acids is 1. The van der Waals surface area contributed by atoms with Crippen molar-refractivity contribution in [2.45, 2.75) is 38.5 Å². The van der Waals surface area contributed by atoms with E-state index in [9.17, 15) is 4.79 Å². The largest absolute Gasteiger partial charge is 0.342 e. The molecular formula is C14H18N4O2S. The molecule has 6 nitrogen and oxygen atoms in total. The Morgan fingerprint density at radius 3 is 3.19 bits per heavy atom. The van der Waals surface area contributed by atoms with Crippen LogP contribution in [0.15, 0.2) is 16.1 Å². The Hall–Kier alpha value is -1.76. The van der Waals surface area contributed by atoms with Crippen molar-refractivity contribution >= 4 is 17.2 Å². The lowest BCUT2D eigenvalue weighted by atomic mass is 9.97. The lowest BCUT2D eigenvalue weighted by Gasteiger charge is -2.31. The minimum Gasteiger partial charge on any atom is -0.342 e. The molecule has 7 heteroatoms. The second kappa shape index (κ2) is 6.34. The third-order valence-electron chi connectivity index (χ3n) is 3.70. The van der Waals surface area contributed by atoms with Gasteiger partial charge >= 0.3 is 0 Å². The molecule has 1 fully saturated rings. The van der Waals surface area contributed by atoms with Gasteiger partial charge in [-0.3, -0.25) is 4.79 Å². The molecule has 2 aromatic rings. The molecule has 2 aromatic heterocycles. The molecule has 1 atom stereocenters. The van der Waals surface area contributed by atoms with Gasteiger partial charge in [0.05, 0.1) is 10.9 Å². The lowest BCUT2D eigenvalue weighted by Crippen LogP contribution is -2.39. The maximum absolute atomic E-state index is 12.3. The van der Waals surface area contributed by atoms with Gasteiger partial charge in [-0.05, 0) is 19.8 Å². The zero-order valence-electron chi connectivity index (χ0n) is 12.0. The number of amides is 1. The third kappa shape index (κ3) is 3.47. The Balaban J connectivity index is 1.56. The minimum absolute atomic E-state index is 0.170. The highest BCUT2D eigenvalue weighted by Gasteiger charge is 2.28. The van der Waals surface area contributed by atoms with Crippen LogP contribution in [0.5, 0.6) is 0 Å². The summed E-state index contributed by atoms with van der Waals surface area (Å²) in [4.78, 5) is 22.7. The van der Waals surface area contributed by atoms with Crippen molar-refractivity contribution in [3.05, 3.63) is 28.3 Å². The summed E-state index contributed by atoms with van der Waals surface area (Å²) < 4.78 is 5.24. The van der Waals surface area contributed by atoms with Gasteiger partial charge in [-0.25, -0.2) is 4.98 Å². The van der Waals surface area contributed by atoms with E-state index in [0.717, 1.165) is 30.8 Å². The molecule has 1 amide bonds. The van der Waals surface area contributed by atoms with E-state index in [1.54, 1.807) is 17.5 Å². The SMILES string of the molecule is Cc1noc(C2CCCN(C(=O)CCc3nccs3)C2)n1. The summed E-state index contributed by atoms with van der Waals surface area (Å²) in [5.41, 5.74) is 0. The molecule has 21 heavy (non-hydrogen) atoms. The van der Waals surface area contributed by atoms with E-state index in [0.29, 0.717) is 24.7 Å². The fourth-order valence-corrected chi connectivity index (χ4v) is 3.25. The fraction of sp³-hybridized carbons (Fsp3) is 0.571. The summed E-state index contributed by atoms with van der Waals surface area (Å²) in [6.45, 7) is 3.31. The molecule has 112 valence electrons. The van der Waals surface area contributed by atoms with E-state index >= 15 is 0 Å². The van der Waals surface area contributed by atoms with Gasteiger partial charge in [0, 0.05) is 37.5 Å². The predicted molar refractivity (Wildman–Crippen MR) is 78.0 cm³/mol. The molecule has 0 aromatic carbocycles. The van der Waals surface area contributed by atoms with E-state index in [2.05, 4.69) is 15.1 Å². The molecule has 0 aliphatic carbocycles. The topological polar surface area (TPSA) is 72.1 Å². The first-order valence-electron chi connectivity index (χ1n) is 7.18. The summed E-state index contributed by atoms with van der Waals surface area (Å²) in [5, 5.41) is 6.79. The van der Waals surface area contributed by atoms with Gasteiger partial charge in [0.2, 0.25) is 11.8 Å². The van der Waals surface area contributed by atoms with E-state index in [1.165, 1.54) is 0 Å². The van der Waals surface area contributed by atoms with Gasteiger partial charge in [-0.15, -0.1) is 11.3 Å². The highest BCUT2D eigenvalue weighted by Crippen LogP contribution is 2.26. The second-order valence-corrected chi connectivity index (χ2v) is 6.26. The molecule has 1 saturated heterocycles. The molecule has 0 bridgehead atoms. The Morgan fingerprint density at radius 1 is 1.57 bits per heavy atom. The summed E-state index contributed by atoms with van der Waals surface area (Å²) in [7, 11) is 0. The van der Waals surface area contributed by atoms with E-state index in [4.69, 9.17) is 4.52 Å². The molecule has 0 spiro atoms. The predicted octanol–water partition coefficient (Wildman–Crippen LogP) is 2.17. The molecule has 3 heterocycles. The number of rotatable bonds is 4. The van der Waals surface area contributed by atoms with Crippen LogP contribution in [0.4, 0.5) is 0 Å². The number of carbonyl (C=O) groups is 1. The van der Waals surface area contributed by atoms with Gasteiger partial charge in [0.15, 0.2) is 5.82 Å². The van der Waals surface area contributed by atoms with E-state index < -0.39 is 0 Å². The second-order valence-electron chi connectivity index (χ2n) is 5.28. The van der Waals surface area contributed by atoms with Gasteiger partial charge in [-0.1, -0.05) is 5.16 Å². The molecule has 1 aliphatic rings. The molecule has 0 saturated carbocycles. The zero-order chi connectivity index (χ0) is 14.7. The number of aryl methyl sites for hydroxylation is 2. The lowest BCUT2D eigenvalue weighted by molar-refractivity contribution is -0.132. The van der Waals surface area contributed by atoms with Crippen molar-refractivity contribution in [1.29, 1.82) is 0 Å². The Morgan fingerprint density at radius 2 is 2.48 bits per heavy atom. The first-order chi connectivity index (χ1) is 10.2. The average Bonchev–Trinajstić information content (AvgIpc) is 3.16. The van der Waals surface area contributed by atoms with Crippen molar-refractivity contribution in [2.24, 2.45) is 0 Å². The van der Waals surface area contributed by atoms with Crippen molar-refractivity contribution in [3.63, 3.8) is 0 Å². The van der Waals surface area contributed by atoms with Crippen molar-refractivity contribution in [2.75, 3.05) is 13.1 Å². The Labute approximate surface area is 127 Å². The maximum Gasteiger partial charge on any atom is 0.231 e. The number of nitrogens with zero attached hydrogens (tertiary/aromatic N) is 4. The number of likely N-dealkylation sites (tertiary alicyclic amines) is 1. The van der Waals surface area contributed by atoms with E-state index in [1.807, 2.05) is 17.2 Å². The highest BCUT2D eigenvalue weighted by atomic mass is 32.1. The number of hydrogen-bond acceptors (Lipinski definition) is 6. The Kier molecular flexibility index (Phi) is 4.28. The number of thiazole rings is 1. The minimum atomic E-state index is 0.170. The maximum atomic E-state index is 12.3. The Bertz CT molecular complexity index is 596. The number of piperidine rings is 1. The smallest absolute Gasteiger partial charge is 0.231 e. The molecule has 0 N–H and O–H groups in total. The average molecular weight is 306 g/mol. The van der Waals surface area contributed by atoms with Crippen LogP contribution < -0.4 is 0 Å². The quantitative estimate of drug-likeness (QED) is 0.865. The van der Waals surface area contributed by atoms with Crippen molar-refractivity contribution < 1.29 is 9.32 Å². The van der Waals surface area contributed by atoms with Crippen LogP contribution >= 0.6 is 11.3 Å². The van der Waals surface area contributed by atoms with Gasteiger partial charge in [-0.2, -0.15) is 4.98 Å². The van der Waals surface area contributed by atoms with E-state index in [-0.39, 0.29) is 11.8 Å². The van der Waals surface area contributed by atoms with Crippen molar-refractivity contribution in [1.82, 2.24) is 20.0 Å². The molecule has 1 aliphatic heterocycles. The number of hydrogen-bond donors (Lipinski definition) is 0. The monoisotopic (exact) mass is 306 g/mol. The molecule has 0 radical (unpaired) electrons. The summed E-state index contributed by atoms with van der Waals surface area (Å²) in [5.74, 6) is 1.66. The first kappa shape index (κ1) is 14.2. The van der Waals surface area contributed by atoms with Gasteiger partial charge < -0.3 is 9.42 Å². The third-order valence-corrected chi connectivity index (χ3v) is 4.54. The zero-order valence-corrected chi connectivity index (χ0v) is 12.8. The first-order valence-corrected chi connectivity index (χ1v) is 8.06. The fourth-order valence-electron chi connectivity index (χ4n) is 2.63. The van der Waals surface area contributed by atoms with Crippen LogP contribution in [0.2, 0.25) is 0 Å². The van der Waals surface area contributed by atoms with Crippen LogP contribution in [0, 0.1) is 6.92 Å². The summed E-state index contributed by atoms with van der Waals surface area (Å²) >= 11 is 1.60. The van der Waals surface area contributed by atoms with Crippen LogP contribution in [0.25, 0.3) is 0 Å². The van der Waals surface area contributed by atoms with Crippen LogP contribution in [0.1, 0.15) is 41.9 Å². The van der Waals surface area contributed by atoms with Crippen molar-refractivity contribution in [3.8, 4) is 0 Å². The molecular weight excluding hydrogens is 288 g/mol. The van der Waals surface area contributed by atoms with Gasteiger partial charge in [0.25, 0.3) is 0 Å².